The van der Waals surface area contributed by atoms with Gasteiger partial charge in [-0.05, 0) is 64.2 Å². The maximum Gasteiger partial charge on any atom is 0.320 e. The van der Waals surface area contributed by atoms with Crippen molar-refractivity contribution in [2.75, 3.05) is 32.7 Å². The Hall–Kier alpha value is -2.05. The second-order valence-corrected chi connectivity index (χ2v) is 9.21. The summed E-state index contributed by atoms with van der Waals surface area (Å²) in [6.45, 7) is 3.90. The molecule has 1 aromatic heterocycles. The van der Waals surface area contributed by atoms with E-state index in [0.29, 0.717) is 6.54 Å². The fourth-order valence-corrected chi connectivity index (χ4v) is 5.64. The van der Waals surface area contributed by atoms with E-state index < -0.39 is 0 Å². The van der Waals surface area contributed by atoms with Gasteiger partial charge in [-0.25, -0.2) is 9.78 Å². The Balaban J connectivity index is 1.27. The molecule has 1 aliphatic carbocycles. The standard InChI is InChI=1S/C22H33N5O2/c28-21(16-7-5-13-26(15-16)22(29)25-11-3-4-12-25)27-14-6-10-19(27)20-23-17-8-1-2-9-18(17)24-20/h16,19H,1-15H2,(H,23,24). The first kappa shape index (κ1) is 18.9. The molecule has 0 saturated carbocycles. The number of imidazole rings is 1. The Bertz CT molecular complexity index is 746. The number of amides is 3. The van der Waals surface area contributed by atoms with Gasteiger partial charge in [0.1, 0.15) is 5.82 Å². The third-order valence-electron chi connectivity index (χ3n) is 7.24. The minimum Gasteiger partial charge on any atom is -0.344 e. The van der Waals surface area contributed by atoms with Gasteiger partial charge in [0.05, 0.1) is 17.7 Å². The topological polar surface area (TPSA) is 72.5 Å². The zero-order chi connectivity index (χ0) is 19.8. The number of carbonyl (C=O) groups excluding carboxylic acids is 2. The Morgan fingerprint density at radius 1 is 0.862 bits per heavy atom. The SMILES string of the molecule is O=C(N1CCCC1)N1CCCC(C(=O)N2CCCC2c2nc3c([nH]2)CCCC3)C1. The molecule has 3 amide bonds. The zero-order valence-electron chi connectivity index (χ0n) is 17.4. The van der Waals surface area contributed by atoms with Crippen molar-refractivity contribution in [1.82, 2.24) is 24.7 Å². The average Bonchev–Trinajstić information content (AvgIpc) is 3.52. The van der Waals surface area contributed by atoms with Crippen LogP contribution in [-0.4, -0.2) is 69.3 Å². The molecular formula is C22H33N5O2. The van der Waals surface area contributed by atoms with Crippen molar-refractivity contribution in [2.24, 2.45) is 5.92 Å². The molecular weight excluding hydrogens is 366 g/mol. The number of aromatic amines is 1. The monoisotopic (exact) mass is 399 g/mol. The van der Waals surface area contributed by atoms with Gasteiger partial charge in [0.15, 0.2) is 0 Å². The molecule has 7 nitrogen and oxygen atoms in total. The number of carbonyl (C=O) groups is 2. The smallest absolute Gasteiger partial charge is 0.320 e. The predicted octanol–water partition coefficient (Wildman–Crippen LogP) is 2.88. The number of fused-ring (bicyclic) bond motifs is 1. The Labute approximate surface area is 172 Å². The van der Waals surface area contributed by atoms with Crippen LogP contribution in [0, 0.1) is 5.92 Å². The van der Waals surface area contributed by atoms with Crippen molar-refractivity contribution >= 4 is 11.9 Å². The van der Waals surface area contributed by atoms with Crippen LogP contribution in [0.25, 0.3) is 0 Å². The van der Waals surface area contributed by atoms with Crippen molar-refractivity contribution in [3.63, 3.8) is 0 Å². The highest BCUT2D eigenvalue weighted by atomic mass is 16.2. The van der Waals surface area contributed by atoms with E-state index in [-0.39, 0.29) is 23.9 Å². The summed E-state index contributed by atoms with van der Waals surface area (Å²) in [4.78, 5) is 40.6. The van der Waals surface area contributed by atoms with E-state index in [0.717, 1.165) is 83.4 Å². The van der Waals surface area contributed by atoms with E-state index in [9.17, 15) is 9.59 Å². The number of urea groups is 1. The van der Waals surface area contributed by atoms with Crippen LogP contribution in [0.3, 0.4) is 0 Å². The number of hydrogen-bond donors (Lipinski definition) is 1. The maximum absolute atomic E-state index is 13.4. The van der Waals surface area contributed by atoms with E-state index >= 15 is 0 Å². The number of rotatable bonds is 2. The summed E-state index contributed by atoms with van der Waals surface area (Å²) in [7, 11) is 0. The van der Waals surface area contributed by atoms with E-state index in [2.05, 4.69) is 9.88 Å². The Kier molecular flexibility index (Phi) is 5.22. The van der Waals surface area contributed by atoms with Crippen LogP contribution in [-0.2, 0) is 17.6 Å². The van der Waals surface area contributed by atoms with E-state index in [1.165, 1.54) is 24.2 Å². The normalized spacial score (nSPS) is 27.4. The molecule has 0 bridgehead atoms. The first-order valence-corrected chi connectivity index (χ1v) is 11.6. The van der Waals surface area contributed by atoms with E-state index in [1.54, 1.807) is 0 Å². The molecule has 0 radical (unpaired) electrons. The van der Waals surface area contributed by atoms with Crippen molar-refractivity contribution in [3.05, 3.63) is 17.2 Å². The molecule has 0 aromatic carbocycles. The van der Waals surface area contributed by atoms with Gasteiger partial charge in [-0.2, -0.15) is 0 Å². The number of aromatic nitrogens is 2. The van der Waals surface area contributed by atoms with Gasteiger partial charge in [-0.15, -0.1) is 0 Å². The molecule has 0 spiro atoms. The number of nitrogens with zero attached hydrogens (tertiary/aromatic N) is 4. The Morgan fingerprint density at radius 2 is 1.62 bits per heavy atom. The number of hydrogen-bond acceptors (Lipinski definition) is 3. The van der Waals surface area contributed by atoms with Crippen LogP contribution < -0.4 is 0 Å². The predicted molar refractivity (Wildman–Crippen MR) is 109 cm³/mol. The second-order valence-electron chi connectivity index (χ2n) is 9.21. The molecule has 7 heteroatoms. The molecule has 158 valence electrons. The number of aryl methyl sites for hydroxylation is 2. The summed E-state index contributed by atoms with van der Waals surface area (Å²) in [5.74, 6) is 1.14. The highest BCUT2D eigenvalue weighted by molar-refractivity contribution is 5.81. The van der Waals surface area contributed by atoms with Crippen LogP contribution in [0.15, 0.2) is 0 Å². The summed E-state index contributed by atoms with van der Waals surface area (Å²) < 4.78 is 0. The molecule has 3 fully saturated rings. The minimum absolute atomic E-state index is 0.0690. The quantitative estimate of drug-likeness (QED) is 0.831. The van der Waals surface area contributed by atoms with Crippen molar-refractivity contribution in [3.8, 4) is 0 Å². The van der Waals surface area contributed by atoms with Gasteiger partial charge >= 0.3 is 6.03 Å². The molecule has 3 saturated heterocycles. The first-order valence-electron chi connectivity index (χ1n) is 11.6. The van der Waals surface area contributed by atoms with Gasteiger partial charge in [0.2, 0.25) is 5.91 Å². The number of likely N-dealkylation sites (tertiary alicyclic amines) is 3. The zero-order valence-corrected chi connectivity index (χ0v) is 17.4. The lowest BCUT2D eigenvalue weighted by Gasteiger charge is -2.37. The van der Waals surface area contributed by atoms with Crippen molar-refractivity contribution in [2.45, 2.75) is 70.3 Å². The van der Waals surface area contributed by atoms with Gasteiger partial charge in [-0.3, -0.25) is 4.79 Å². The largest absolute Gasteiger partial charge is 0.344 e. The number of piperidine rings is 1. The molecule has 1 aromatic rings. The Morgan fingerprint density at radius 3 is 2.45 bits per heavy atom. The molecule has 5 rings (SSSR count). The minimum atomic E-state index is -0.0690. The molecule has 1 N–H and O–H groups in total. The molecule has 2 unspecified atom stereocenters. The first-order chi connectivity index (χ1) is 14.2. The lowest BCUT2D eigenvalue weighted by atomic mass is 9.96. The summed E-state index contributed by atoms with van der Waals surface area (Å²) in [5.41, 5.74) is 2.50. The summed E-state index contributed by atoms with van der Waals surface area (Å²) in [5, 5.41) is 0. The highest BCUT2D eigenvalue weighted by Gasteiger charge is 2.39. The summed E-state index contributed by atoms with van der Waals surface area (Å²) in [6, 6.07) is 0.217. The van der Waals surface area contributed by atoms with E-state index in [4.69, 9.17) is 4.98 Å². The maximum atomic E-state index is 13.4. The third kappa shape index (κ3) is 3.64. The number of H-pyrrole nitrogens is 1. The highest BCUT2D eigenvalue weighted by Crippen LogP contribution is 2.34. The van der Waals surface area contributed by atoms with Crippen LogP contribution in [0.1, 0.15) is 74.6 Å². The van der Waals surface area contributed by atoms with E-state index in [1.807, 2.05) is 9.80 Å². The van der Waals surface area contributed by atoms with Crippen molar-refractivity contribution < 1.29 is 9.59 Å². The molecule has 3 aliphatic heterocycles. The summed E-state index contributed by atoms with van der Waals surface area (Å²) >= 11 is 0. The molecule has 29 heavy (non-hydrogen) atoms. The van der Waals surface area contributed by atoms with Crippen LogP contribution >= 0.6 is 0 Å². The molecule has 4 aliphatic rings. The van der Waals surface area contributed by atoms with Crippen LogP contribution in [0.2, 0.25) is 0 Å². The lowest BCUT2D eigenvalue weighted by Crippen LogP contribution is -2.50. The fraction of sp³-hybridized carbons (Fsp3) is 0.773. The third-order valence-corrected chi connectivity index (χ3v) is 7.24. The van der Waals surface area contributed by atoms with Gasteiger partial charge < -0.3 is 19.7 Å². The lowest BCUT2D eigenvalue weighted by molar-refractivity contribution is -0.138. The second kappa shape index (κ2) is 8.00. The van der Waals surface area contributed by atoms with Gasteiger partial charge in [0, 0.05) is 38.4 Å². The van der Waals surface area contributed by atoms with Gasteiger partial charge in [0.25, 0.3) is 0 Å². The van der Waals surface area contributed by atoms with Crippen molar-refractivity contribution in [1.29, 1.82) is 0 Å². The fourth-order valence-electron chi connectivity index (χ4n) is 5.64. The molecule has 2 atom stereocenters. The van der Waals surface area contributed by atoms with Crippen LogP contribution in [0.5, 0.6) is 0 Å². The molecule has 4 heterocycles. The number of nitrogens with one attached hydrogen (secondary N) is 1. The van der Waals surface area contributed by atoms with Crippen LogP contribution in [0.4, 0.5) is 4.79 Å². The average molecular weight is 400 g/mol. The summed E-state index contributed by atoms with van der Waals surface area (Å²) in [6.07, 6.45) is 10.6. The van der Waals surface area contributed by atoms with Gasteiger partial charge in [-0.1, -0.05) is 0 Å².